The van der Waals surface area contributed by atoms with Crippen LogP contribution in [-0.4, -0.2) is 22.9 Å². The van der Waals surface area contributed by atoms with Gasteiger partial charge >= 0.3 is 0 Å². The molecule has 1 aromatic rings. The normalized spacial score (nSPS) is 17.3. The van der Waals surface area contributed by atoms with Crippen molar-refractivity contribution in [3.05, 3.63) is 33.9 Å². The number of nitro groups is 1. The highest BCUT2D eigenvalue weighted by Gasteiger charge is 2.41. The van der Waals surface area contributed by atoms with E-state index in [2.05, 4.69) is 5.32 Å². The zero-order valence-corrected chi connectivity index (χ0v) is 11.3. The van der Waals surface area contributed by atoms with E-state index in [9.17, 15) is 14.9 Å². The molecule has 0 aromatic heterocycles. The maximum absolute atomic E-state index is 11.1. The summed E-state index contributed by atoms with van der Waals surface area (Å²) in [5.41, 5.74) is 10.9. The summed E-state index contributed by atoms with van der Waals surface area (Å²) < 4.78 is 0. The van der Waals surface area contributed by atoms with Crippen LogP contribution in [-0.2, 0) is 0 Å². The Morgan fingerprint density at radius 3 is 2.65 bits per heavy atom. The standard InChI is InChI=1S/C13H18N4O3/c1-13(7-14,9-3-4-9)16-10-5-2-8(12(15)18)6-11(10)17(19)20/h2,5-6,9,16H,3-4,7,14H2,1H3,(H2,15,18). The highest BCUT2D eigenvalue weighted by molar-refractivity contribution is 5.94. The van der Waals surface area contributed by atoms with Gasteiger partial charge in [-0.2, -0.15) is 0 Å². The minimum atomic E-state index is -0.691. The zero-order chi connectivity index (χ0) is 14.9. The minimum Gasteiger partial charge on any atom is -0.373 e. The Labute approximate surface area is 116 Å². The Morgan fingerprint density at radius 2 is 2.20 bits per heavy atom. The monoisotopic (exact) mass is 278 g/mol. The highest BCUT2D eigenvalue weighted by atomic mass is 16.6. The molecule has 1 aromatic carbocycles. The number of benzene rings is 1. The summed E-state index contributed by atoms with van der Waals surface area (Å²) >= 11 is 0. The summed E-state index contributed by atoms with van der Waals surface area (Å²) in [6.07, 6.45) is 2.13. The highest BCUT2D eigenvalue weighted by Crippen LogP contribution is 2.42. The first kappa shape index (κ1) is 14.3. The summed E-state index contributed by atoms with van der Waals surface area (Å²) in [6, 6.07) is 4.17. The van der Waals surface area contributed by atoms with Crippen LogP contribution in [0.15, 0.2) is 18.2 Å². The third kappa shape index (κ3) is 2.72. The van der Waals surface area contributed by atoms with Gasteiger partial charge in [0.15, 0.2) is 0 Å². The van der Waals surface area contributed by atoms with E-state index in [1.165, 1.54) is 18.2 Å². The van der Waals surface area contributed by atoms with Crippen LogP contribution in [0, 0.1) is 16.0 Å². The largest absolute Gasteiger partial charge is 0.373 e. The molecule has 5 N–H and O–H groups in total. The van der Waals surface area contributed by atoms with Gasteiger partial charge in [-0.3, -0.25) is 14.9 Å². The third-order valence-electron chi connectivity index (χ3n) is 3.80. The second-order valence-corrected chi connectivity index (χ2v) is 5.37. The fourth-order valence-electron chi connectivity index (χ4n) is 2.29. The van der Waals surface area contributed by atoms with E-state index in [0.29, 0.717) is 18.2 Å². The topological polar surface area (TPSA) is 124 Å². The van der Waals surface area contributed by atoms with Crippen LogP contribution in [0.1, 0.15) is 30.1 Å². The molecule has 1 fully saturated rings. The van der Waals surface area contributed by atoms with Crippen molar-refractivity contribution in [2.24, 2.45) is 17.4 Å². The number of hydrogen-bond acceptors (Lipinski definition) is 5. The van der Waals surface area contributed by atoms with Crippen molar-refractivity contribution >= 4 is 17.3 Å². The lowest BCUT2D eigenvalue weighted by atomic mass is 9.95. The lowest BCUT2D eigenvalue weighted by Crippen LogP contribution is -2.44. The maximum atomic E-state index is 11.1. The van der Waals surface area contributed by atoms with E-state index >= 15 is 0 Å². The van der Waals surface area contributed by atoms with Gasteiger partial charge in [0.25, 0.3) is 5.69 Å². The van der Waals surface area contributed by atoms with E-state index in [4.69, 9.17) is 11.5 Å². The molecule has 1 atom stereocenters. The molecule has 0 bridgehead atoms. The van der Waals surface area contributed by atoms with Gasteiger partial charge in [-0.05, 0) is 37.8 Å². The van der Waals surface area contributed by atoms with Crippen LogP contribution in [0.4, 0.5) is 11.4 Å². The van der Waals surface area contributed by atoms with Gasteiger partial charge in [-0.1, -0.05) is 0 Å². The lowest BCUT2D eigenvalue weighted by Gasteiger charge is -2.30. The summed E-state index contributed by atoms with van der Waals surface area (Å²) in [4.78, 5) is 21.7. The fraction of sp³-hybridized carbons (Fsp3) is 0.462. The number of primary amides is 1. The van der Waals surface area contributed by atoms with Crippen LogP contribution in [0.2, 0.25) is 0 Å². The van der Waals surface area contributed by atoms with Crippen molar-refractivity contribution in [1.29, 1.82) is 0 Å². The van der Waals surface area contributed by atoms with E-state index in [1.54, 1.807) is 0 Å². The number of amides is 1. The summed E-state index contributed by atoms with van der Waals surface area (Å²) in [6.45, 7) is 2.34. The average Bonchev–Trinajstić information content (AvgIpc) is 3.23. The van der Waals surface area contributed by atoms with Crippen LogP contribution >= 0.6 is 0 Å². The van der Waals surface area contributed by atoms with Crippen molar-refractivity contribution in [3.63, 3.8) is 0 Å². The number of hydrogen-bond donors (Lipinski definition) is 3. The number of carbonyl (C=O) groups excluding carboxylic acids is 1. The second-order valence-electron chi connectivity index (χ2n) is 5.37. The first-order chi connectivity index (χ1) is 9.37. The average molecular weight is 278 g/mol. The Hall–Kier alpha value is -2.15. The molecule has 7 nitrogen and oxygen atoms in total. The molecule has 1 amide bonds. The van der Waals surface area contributed by atoms with Gasteiger partial charge in [0, 0.05) is 23.7 Å². The third-order valence-corrected chi connectivity index (χ3v) is 3.80. The Balaban J connectivity index is 2.35. The number of rotatable bonds is 6. The van der Waals surface area contributed by atoms with Crippen molar-refractivity contribution in [2.75, 3.05) is 11.9 Å². The Bertz CT molecular complexity index is 557. The van der Waals surface area contributed by atoms with Gasteiger partial charge in [0.05, 0.1) is 4.92 Å². The number of nitrogens with one attached hydrogen (secondary N) is 1. The summed E-state index contributed by atoms with van der Waals surface area (Å²) in [5, 5.41) is 14.3. The molecule has 0 radical (unpaired) electrons. The van der Waals surface area contributed by atoms with Crippen molar-refractivity contribution in [1.82, 2.24) is 0 Å². The Morgan fingerprint density at radius 1 is 1.55 bits per heavy atom. The molecule has 108 valence electrons. The molecule has 7 heteroatoms. The van der Waals surface area contributed by atoms with Gasteiger partial charge in [-0.15, -0.1) is 0 Å². The SMILES string of the molecule is CC(CN)(Nc1ccc(C(N)=O)cc1[N+](=O)[O-])C1CC1. The van der Waals surface area contributed by atoms with Gasteiger partial charge in [-0.25, -0.2) is 0 Å². The number of carbonyl (C=O) groups is 1. The molecular weight excluding hydrogens is 260 g/mol. The van der Waals surface area contributed by atoms with Crippen LogP contribution in [0.3, 0.4) is 0 Å². The Kier molecular flexibility index (Phi) is 3.63. The summed E-state index contributed by atoms with van der Waals surface area (Å²) in [5.74, 6) is -0.272. The van der Waals surface area contributed by atoms with E-state index in [1.807, 2.05) is 6.92 Å². The first-order valence-electron chi connectivity index (χ1n) is 6.44. The zero-order valence-electron chi connectivity index (χ0n) is 11.3. The summed E-state index contributed by atoms with van der Waals surface area (Å²) in [7, 11) is 0. The molecule has 0 heterocycles. The predicted molar refractivity (Wildman–Crippen MR) is 75.4 cm³/mol. The van der Waals surface area contributed by atoms with Crippen LogP contribution < -0.4 is 16.8 Å². The second kappa shape index (κ2) is 5.09. The van der Waals surface area contributed by atoms with Crippen molar-refractivity contribution in [2.45, 2.75) is 25.3 Å². The molecule has 1 unspecified atom stereocenters. The predicted octanol–water partition coefficient (Wildman–Crippen LogP) is 1.23. The van der Waals surface area contributed by atoms with Gasteiger partial charge < -0.3 is 16.8 Å². The minimum absolute atomic E-state index is 0.114. The first-order valence-corrected chi connectivity index (χ1v) is 6.44. The van der Waals surface area contributed by atoms with Gasteiger partial charge in [0.1, 0.15) is 5.69 Å². The van der Waals surface area contributed by atoms with E-state index < -0.39 is 10.8 Å². The van der Waals surface area contributed by atoms with E-state index in [-0.39, 0.29) is 16.8 Å². The lowest BCUT2D eigenvalue weighted by molar-refractivity contribution is -0.384. The van der Waals surface area contributed by atoms with Gasteiger partial charge in [0.2, 0.25) is 5.91 Å². The molecule has 0 spiro atoms. The smallest absolute Gasteiger partial charge is 0.293 e. The molecule has 1 saturated carbocycles. The number of nitrogens with two attached hydrogens (primary N) is 2. The number of nitro benzene ring substituents is 1. The molecule has 0 saturated heterocycles. The molecule has 20 heavy (non-hydrogen) atoms. The van der Waals surface area contributed by atoms with Crippen LogP contribution in [0.5, 0.6) is 0 Å². The molecule has 1 aliphatic rings. The maximum Gasteiger partial charge on any atom is 0.293 e. The molecule has 1 aliphatic carbocycles. The fourth-order valence-corrected chi connectivity index (χ4v) is 2.29. The molecular formula is C13H18N4O3. The molecule has 2 rings (SSSR count). The molecule has 0 aliphatic heterocycles. The quantitative estimate of drug-likeness (QED) is 0.533. The number of nitrogens with zero attached hydrogens (tertiary/aromatic N) is 1. The van der Waals surface area contributed by atoms with Crippen molar-refractivity contribution < 1.29 is 9.72 Å². The number of anilines is 1. The van der Waals surface area contributed by atoms with Crippen molar-refractivity contribution in [3.8, 4) is 0 Å². The van der Waals surface area contributed by atoms with Crippen LogP contribution in [0.25, 0.3) is 0 Å². The van der Waals surface area contributed by atoms with E-state index in [0.717, 1.165) is 12.8 Å².